The highest BCUT2D eigenvalue weighted by molar-refractivity contribution is 5.20. The molecule has 0 aromatic carbocycles. The van der Waals surface area contributed by atoms with Gasteiger partial charge in [0.2, 0.25) is 0 Å². The molecule has 0 aliphatic heterocycles. The highest BCUT2D eigenvalue weighted by Gasteiger charge is 2.08. The second-order valence-electron chi connectivity index (χ2n) is 4.10. The van der Waals surface area contributed by atoms with Crippen LogP contribution < -0.4 is 5.32 Å². The van der Waals surface area contributed by atoms with E-state index in [9.17, 15) is 0 Å². The molecule has 1 aromatic rings. The van der Waals surface area contributed by atoms with E-state index in [0.717, 1.165) is 31.0 Å². The maximum atomic E-state index is 5.64. The van der Waals surface area contributed by atoms with E-state index in [-0.39, 0.29) is 0 Å². The summed E-state index contributed by atoms with van der Waals surface area (Å²) in [5.74, 6) is 1.91. The van der Waals surface area contributed by atoms with E-state index in [0.29, 0.717) is 12.7 Å². The molecule has 92 valence electrons. The van der Waals surface area contributed by atoms with Gasteiger partial charge in [0, 0.05) is 12.1 Å². The summed E-state index contributed by atoms with van der Waals surface area (Å²) in [6.07, 6.45) is 1.33. The SMILES string of the molecule is CCNCc1cc(COC(C)CC)oc1C. The van der Waals surface area contributed by atoms with Crippen LogP contribution in [0.1, 0.15) is 44.3 Å². The first-order chi connectivity index (χ1) is 7.67. The molecule has 0 saturated heterocycles. The predicted molar refractivity (Wildman–Crippen MR) is 65.4 cm³/mol. The summed E-state index contributed by atoms with van der Waals surface area (Å²) in [5.41, 5.74) is 1.23. The summed E-state index contributed by atoms with van der Waals surface area (Å²) in [4.78, 5) is 0. The van der Waals surface area contributed by atoms with Crippen LogP contribution in [0.25, 0.3) is 0 Å². The number of rotatable bonds is 7. The lowest BCUT2D eigenvalue weighted by Gasteiger charge is -2.08. The molecular formula is C13H23NO2. The Balaban J connectivity index is 2.48. The third-order valence-corrected chi connectivity index (χ3v) is 2.72. The lowest BCUT2D eigenvalue weighted by atomic mass is 10.2. The van der Waals surface area contributed by atoms with Crippen LogP contribution in [0, 0.1) is 6.92 Å². The zero-order chi connectivity index (χ0) is 12.0. The molecule has 1 atom stereocenters. The summed E-state index contributed by atoms with van der Waals surface area (Å²) in [6.45, 7) is 10.7. The molecule has 16 heavy (non-hydrogen) atoms. The third-order valence-electron chi connectivity index (χ3n) is 2.72. The molecule has 1 unspecified atom stereocenters. The normalized spacial score (nSPS) is 13.0. The average molecular weight is 225 g/mol. The van der Waals surface area contributed by atoms with E-state index in [1.165, 1.54) is 5.56 Å². The van der Waals surface area contributed by atoms with Crippen molar-refractivity contribution >= 4 is 0 Å². The number of furan rings is 1. The van der Waals surface area contributed by atoms with Crippen molar-refractivity contribution in [2.45, 2.75) is 53.4 Å². The standard InChI is InChI=1S/C13H23NO2/c1-5-10(3)15-9-13-7-12(8-14-6-2)11(4)16-13/h7,10,14H,5-6,8-9H2,1-4H3. The van der Waals surface area contributed by atoms with Gasteiger partial charge in [-0.25, -0.2) is 0 Å². The smallest absolute Gasteiger partial charge is 0.130 e. The van der Waals surface area contributed by atoms with Crippen LogP contribution in [-0.2, 0) is 17.9 Å². The summed E-state index contributed by atoms with van der Waals surface area (Å²) in [7, 11) is 0. The molecule has 1 aromatic heterocycles. The Hall–Kier alpha value is -0.800. The molecule has 0 saturated carbocycles. The Morgan fingerprint density at radius 1 is 1.44 bits per heavy atom. The van der Waals surface area contributed by atoms with Gasteiger partial charge in [0.1, 0.15) is 18.1 Å². The number of hydrogen-bond acceptors (Lipinski definition) is 3. The summed E-state index contributed by atoms with van der Waals surface area (Å²) >= 11 is 0. The predicted octanol–water partition coefficient (Wildman–Crippen LogP) is 3.01. The van der Waals surface area contributed by atoms with Crippen molar-refractivity contribution in [2.24, 2.45) is 0 Å². The Labute approximate surface area is 98.2 Å². The van der Waals surface area contributed by atoms with E-state index in [4.69, 9.17) is 9.15 Å². The third kappa shape index (κ3) is 3.99. The van der Waals surface area contributed by atoms with Gasteiger partial charge in [-0.15, -0.1) is 0 Å². The molecule has 0 fully saturated rings. The molecule has 0 radical (unpaired) electrons. The molecular weight excluding hydrogens is 202 g/mol. The van der Waals surface area contributed by atoms with Crippen molar-refractivity contribution in [2.75, 3.05) is 6.54 Å². The molecule has 1 N–H and O–H groups in total. The van der Waals surface area contributed by atoms with Crippen LogP contribution in [-0.4, -0.2) is 12.6 Å². The van der Waals surface area contributed by atoms with Crippen LogP contribution in [0.5, 0.6) is 0 Å². The van der Waals surface area contributed by atoms with Crippen molar-refractivity contribution in [3.05, 3.63) is 23.2 Å². The van der Waals surface area contributed by atoms with Gasteiger partial charge in [-0.3, -0.25) is 0 Å². The largest absolute Gasteiger partial charge is 0.464 e. The molecule has 0 bridgehead atoms. The van der Waals surface area contributed by atoms with Crippen LogP contribution >= 0.6 is 0 Å². The minimum Gasteiger partial charge on any atom is -0.464 e. The molecule has 0 spiro atoms. The van der Waals surface area contributed by atoms with Crippen molar-refractivity contribution in [1.29, 1.82) is 0 Å². The zero-order valence-corrected chi connectivity index (χ0v) is 10.8. The second-order valence-corrected chi connectivity index (χ2v) is 4.10. The van der Waals surface area contributed by atoms with Gasteiger partial charge in [-0.1, -0.05) is 13.8 Å². The van der Waals surface area contributed by atoms with Gasteiger partial charge in [0.05, 0.1) is 6.10 Å². The quantitative estimate of drug-likeness (QED) is 0.774. The zero-order valence-electron chi connectivity index (χ0n) is 10.8. The number of nitrogens with one attached hydrogen (secondary N) is 1. The minimum atomic E-state index is 0.294. The summed E-state index contributed by atoms with van der Waals surface area (Å²) < 4.78 is 11.3. The maximum Gasteiger partial charge on any atom is 0.130 e. The molecule has 0 aliphatic carbocycles. The molecule has 1 heterocycles. The van der Waals surface area contributed by atoms with E-state index in [2.05, 4.69) is 32.2 Å². The molecule has 0 aliphatic rings. The fourth-order valence-corrected chi connectivity index (χ4v) is 1.44. The first-order valence-electron chi connectivity index (χ1n) is 6.07. The Bertz CT molecular complexity index is 307. The number of aryl methyl sites for hydroxylation is 1. The lowest BCUT2D eigenvalue weighted by Crippen LogP contribution is -2.11. The fourth-order valence-electron chi connectivity index (χ4n) is 1.44. The van der Waals surface area contributed by atoms with Crippen LogP contribution in [0.15, 0.2) is 10.5 Å². The first kappa shape index (κ1) is 13.3. The molecule has 0 amide bonds. The van der Waals surface area contributed by atoms with Gasteiger partial charge in [-0.05, 0) is 32.9 Å². The van der Waals surface area contributed by atoms with E-state index in [1.807, 2.05) is 6.92 Å². The van der Waals surface area contributed by atoms with Gasteiger partial charge >= 0.3 is 0 Å². The Morgan fingerprint density at radius 3 is 2.81 bits per heavy atom. The summed E-state index contributed by atoms with van der Waals surface area (Å²) in [5, 5.41) is 3.29. The van der Waals surface area contributed by atoms with Crippen molar-refractivity contribution < 1.29 is 9.15 Å². The Kier molecular flexibility index (Phi) is 5.56. The Morgan fingerprint density at radius 2 is 2.19 bits per heavy atom. The second kappa shape index (κ2) is 6.71. The van der Waals surface area contributed by atoms with Crippen LogP contribution in [0.3, 0.4) is 0 Å². The highest BCUT2D eigenvalue weighted by Crippen LogP contribution is 2.16. The molecule has 3 nitrogen and oxygen atoms in total. The average Bonchev–Trinajstić information content (AvgIpc) is 2.64. The van der Waals surface area contributed by atoms with E-state index < -0.39 is 0 Å². The van der Waals surface area contributed by atoms with Gasteiger partial charge in [0.15, 0.2) is 0 Å². The van der Waals surface area contributed by atoms with Crippen LogP contribution in [0.2, 0.25) is 0 Å². The minimum absolute atomic E-state index is 0.294. The monoisotopic (exact) mass is 225 g/mol. The fraction of sp³-hybridized carbons (Fsp3) is 0.692. The highest BCUT2D eigenvalue weighted by atomic mass is 16.5. The van der Waals surface area contributed by atoms with Crippen molar-refractivity contribution in [3.8, 4) is 0 Å². The topological polar surface area (TPSA) is 34.4 Å². The number of ether oxygens (including phenoxy) is 1. The van der Waals surface area contributed by atoms with Gasteiger partial charge in [0.25, 0.3) is 0 Å². The maximum absolute atomic E-state index is 5.64. The number of hydrogen-bond donors (Lipinski definition) is 1. The van der Waals surface area contributed by atoms with Gasteiger partial charge in [-0.2, -0.15) is 0 Å². The van der Waals surface area contributed by atoms with E-state index >= 15 is 0 Å². The van der Waals surface area contributed by atoms with E-state index in [1.54, 1.807) is 0 Å². The van der Waals surface area contributed by atoms with Crippen molar-refractivity contribution in [3.63, 3.8) is 0 Å². The first-order valence-corrected chi connectivity index (χ1v) is 6.07. The summed E-state index contributed by atoms with van der Waals surface area (Å²) in [6, 6.07) is 2.08. The van der Waals surface area contributed by atoms with Crippen molar-refractivity contribution in [1.82, 2.24) is 5.32 Å². The molecule has 1 rings (SSSR count). The van der Waals surface area contributed by atoms with Gasteiger partial charge < -0.3 is 14.5 Å². The molecule has 3 heteroatoms. The van der Waals surface area contributed by atoms with Crippen LogP contribution in [0.4, 0.5) is 0 Å². The lowest BCUT2D eigenvalue weighted by molar-refractivity contribution is 0.0403.